The van der Waals surface area contributed by atoms with Gasteiger partial charge in [-0.25, -0.2) is 0 Å². The van der Waals surface area contributed by atoms with Crippen molar-refractivity contribution in [3.63, 3.8) is 0 Å². The number of guanidine groups is 1. The third-order valence-electron chi connectivity index (χ3n) is 3.48. The lowest BCUT2D eigenvalue weighted by atomic mass is 10.0. The van der Waals surface area contributed by atoms with Gasteiger partial charge in [0.05, 0.1) is 6.20 Å². The zero-order valence-corrected chi connectivity index (χ0v) is 14.2. The highest BCUT2D eigenvalue weighted by atomic mass is 15.2. The zero-order chi connectivity index (χ0) is 15.7. The number of hydrogen-bond donors (Lipinski definition) is 2. The third-order valence-corrected chi connectivity index (χ3v) is 3.48. The Bertz CT molecular complexity index is 422. The van der Waals surface area contributed by atoms with E-state index in [4.69, 9.17) is 0 Å². The molecule has 21 heavy (non-hydrogen) atoms. The van der Waals surface area contributed by atoms with Crippen LogP contribution in [0.3, 0.4) is 0 Å². The molecule has 0 bridgehead atoms. The maximum Gasteiger partial charge on any atom is 0.191 e. The van der Waals surface area contributed by atoms with E-state index in [0.29, 0.717) is 6.04 Å². The number of aryl methyl sites for hydroxylation is 2. The second-order valence-electron chi connectivity index (χ2n) is 6.14. The van der Waals surface area contributed by atoms with Gasteiger partial charge in [-0.1, -0.05) is 13.8 Å². The van der Waals surface area contributed by atoms with Crippen LogP contribution in [0.1, 0.15) is 45.6 Å². The van der Waals surface area contributed by atoms with Crippen LogP contribution < -0.4 is 10.6 Å². The first-order chi connectivity index (χ1) is 10.0. The van der Waals surface area contributed by atoms with Crippen molar-refractivity contribution in [2.75, 3.05) is 13.6 Å². The molecule has 0 aliphatic rings. The molecule has 0 amide bonds. The summed E-state index contributed by atoms with van der Waals surface area (Å²) in [6.45, 7) is 7.66. The van der Waals surface area contributed by atoms with Crippen molar-refractivity contribution in [3.8, 4) is 0 Å². The monoisotopic (exact) mass is 293 g/mol. The Kier molecular flexibility index (Phi) is 7.87. The SMILES string of the molecule is CN=C(NCCCc1cnn(C)c1)NC(C)CCC(C)C. The number of hydrogen-bond acceptors (Lipinski definition) is 2. The van der Waals surface area contributed by atoms with Gasteiger partial charge in [0.15, 0.2) is 5.96 Å². The standard InChI is InChI=1S/C16H31N5/c1-13(2)8-9-14(3)20-16(17-4)18-10-6-7-15-11-19-21(5)12-15/h11-14H,6-10H2,1-5H3,(H2,17,18,20). The van der Waals surface area contributed by atoms with E-state index >= 15 is 0 Å². The zero-order valence-electron chi connectivity index (χ0n) is 14.2. The summed E-state index contributed by atoms with van der Waals surface area (Å²) in [6.07, 6.45) is 8.54. The molecule has 5 heteroatoms. The lowest BCUT2D eigenvalue weighted by molar-refractivity contribution is 0.489. The topological polar surface area (TPSA) is 54.2 Å². The van der Waals surface area contributed by atoms with E-state index in [2.05, 4.69) is 47.7 Å². The molecule has 2 N–H and O–H groups in total. The van der Waals surface area contributed by atoms with Crippen molar-refractivity contribution in [2.24, 2.45) is 18.0 Å². The fraction of sp³-hybridized carbons (Fsp3) is 0.750. The summed E-state index contributed by atoms with van der Waals surface area (Å²) in [6, 6.07) is 0.455. The van der Waals surface area contributed by atoms with Gasteiger partial charge >= 0.3 is 0 Å². The molecule has 0 radical (unpaired) electrons. The highest BCUT2D eigenvalue weighted by molar-refractivity contribution is 5.79. The van der Waals surface area contributed by atoms with Crippen molar-refractivity contribution in [2.45, 2.75) is 52.5 Å². The van der Waals surface area contributed by atoms with Crippen LogP contribution in [0.4, 0.5) is 0 Å². The molecule has 5 nitrogen and oxygen atoms in total. The Balaban J connectivity index is 2.19. The molecule has 0 spiro atoms. The Hall–Kier alpha value is -1.52. The van der Waals surface area contributed by atoms with Gasteiger partial charge in [0.25, 0.3) is 0 Å². The molecule has 0 fully saturated rings. The van der Waals surface area contributed by atoms with E-state index < -0.39 is 0 Å². The van der Waals surface area contributed by atoms with Crippen LogP contribution in [-0.4, -0.2) is 35.4 Å². The number of aromatic nitrogens is 2. The van der Waals surface area contributed by atoms with E-state index in [0.717, 1.165) is 31.3 Å². The maximum atomic E-state index is 4.28. The summed E-state index contributed by atoms with van der Waals surface area (Å²) >= 11 is 0. The van der Waals surface area contributed by atoms with Crippen LogP contribution in [-0.2, 0) is 13.5 Å². The Morgan fingerprint density at radius 2 is 2.10 bits per heavy atom. The molecule has 1 unspecified atom stereocenters. The van der Waals surface area contributed by atoms with Gasteiger partial charge in [-0.2, -0.15) is 5.10 Å². The molecule has 1 aromatic heterocycles. The summed E-state index contributed by atoms with van der Waals surface area (Å²) in [5, 5.41) is 11.0. The van der Waals surface area contributed by atoms with Crippen LogP contribution >= 0.6 is 0 Å². The largest absolute Gasteiger partial charge is 0.356 e. The average molecular weight is 293 g/mol. The van der Waals surface area contributed by atoms with Crippen LogP contribution in [0.5, 0.6) is 0 Å². The summed E-state index contributed by atoms with van der Waals surface area (Å²) in [5.74, 6) is 1.65. The summed E-state index contributed by atoms with van der Waals surface area (Å²) < 4.78 is 1.85. The van der Waals surface area contributed by atoms with Crippen LogP contribution in [0, 0.1) is 5.92 Å². The molecular formula is C16H31N5. The fourth-order valence-corrected chi connectivity index (χ4v) is 2.18. The minimum Gasteiger partial charge on any atom is -0.356 e. The first kappa shape index (κ1) is 17.5. The van der Waals surface area contributed by atoms with Gasteiger partial charge < -0.3 is 10.6 Å². The molecule has 0 saturated carbocycles. The number of nitrogens with zero attached hydrogens (tertiary/aromatic N) is 3. The smallest absolute Gasteiger partial charge is 0.191 e. The van der Waals surface area contributed by atoms with Crippen LogP contribution in [0.15, 0.2) is 17.4 Å². The number of aliphatic imine (C=N–C) groups is 1. The van der Waals surface area contributed by atoms with Crippen LogP contribution in [0.2, 0.25) is 0 Å². The van der Waals surface area contributed by atoms with Crippen molar-refractivity contribution in [1.29, 1.82) is 0 Å². The quantitative estimate of drug-likeness (QED) is 0.439. The van der Waals surface area contributed by atoms with Crippen molar-refractivity contribution >= 4 is 5.96 Å². The van der Waals surface area contributed by atoms with Crippen molar-refractivity contribution in [3.05, 3.63) is 18.0 Å². The molecule has 1 heterocycles. The average Bonchev–Trinajstić information content (AvgIpc) is 2.85. The second-order valence-corrected chi connectivity index (χ2v) is 6.14. The molecule has 1 rings (SSSR count). The molecule has 120 valence electrons. The fourth-order valence-electron chi connectivity index (χ4n) is 2.18. The third kappa shape index (κ3) is 7.73. The minimum atomic E-state index is 0.455. The normalized spacial score (nSPS) is 13.5. The highest BCUT2D eigenvalue weighted by Crippen LogP contribution is 2.06. The van der Waals surface area contributed by atoms with Gasteiger partial charge in [0, 0.05) is 32.9 Å². The Morgan fingerprint density at radius 3 is 2.67 bits per heavy atom. The predicted molar refractivity (Wildman–Crippen MR) is 89.6 cm³/mol. The molecule has 0 aliphatic heterocycles. The molecular weight excluding hydrogens is 262 g/mol. The minimum absolute atomic E-state index is 0.455. The second kappa shape index (κ2) is 9.42. The van der Waals surface area contributed by atoms with Gasteiger partial charge in [0.2, 0.25) is 0 Å². The van der Waals surface area contributed by atoms with E-state index in [1.165, 1.54) is 18.4 Å². The van der Waals surface area contributed by atoms with Gasteiger partial charge in [-0.15, -0.1) is 0 Å². The summed E-state index contributed by atoms with van der Waals surface area (Å²) in [7, 11) is 3.78. The van der Waals surface area contributed by atoms with Crippen molar-refractivity contribution in [1.82, 2.24) is 20.4 Å². The van der Waals surface area contributed by atoms with Gasteiger partial charge in [0.1, 0.15) is 0 Å². The molecule has 0 aromatic carbocycles. The lowest BCUT2D eigenvalue weighted by Gasteiger charge is -2.18. The highest BCUT2D eigenvalue weighted by Gasteiger charge is 2.06. The molecule has 0 saturated heterocycles. The number of nitrogens with one attached hydrogen (secondary N) is 2. The van der Waals surface area contributed by atoms with Crippen LogP contribution in [0.25, 0.3) is 0 Å². The number of rotatable bonds is 8. The molecule has 1 aromatic rings. The Morgan fingerprint density at radius 1 is 1.33 bits per heavy atom. The lowest BCUT2D eigenvalue weighted by Crippen LogP contribution is -2.42. The molecule has 1 atom stereocenters. The van der Waals surface area contributed by atoms with Crippen molar-refractivity contribution < 1.29 is 0 Å². The maximum absolute atomic E-state index is 4.28. The van der Waals surface area contributed by atoms with E-state index in [-0.39, 0.29) is 0 Å². The van der Waals surface area contributed by atoms with Gasteiger partial charge in [-0.05, 0) is 44.1 Å². The van der Waals surface area contributed by atoms with Gasteiger partial charge in [-0.3, -0.25) is 9.67 Å². The summed E-state index contributed by atoms with van der Waals surface area (Å²) in [4.78, 5) is 4.28. The van der Waals surface area contributed by atoms with E-state index in [9.17, 15) is 0 Å². The first-order valence-corrected chi connectivity index (χ1v) is 7.96. The Labute approximate surface area is 129 Å². The first-order valence-electron chi connectivity index (χ1n) is 7.96. The van der Waals surface area contributed by atoms with E-state index in [1.807, 2.05) is 25.0 Å². The predicted octanol–water partition coefficient (Wildman–Crippen LogP) is 2.34. The summed E-state index contributed by atoms with van der Waals surface area (Å²) in [5.41, 5.74) is 1.28. The van der Waals surface area contributed by atoms with E-state index in [1.54, 1.807) is 0 Å². The molecule has 0 aliphatic carbocycles.